The first kappa shape index (κ1) is 16.7. The summed E-state index contributed by atoms with van der Waals surface area (Å²) in [5.41, 5.74) is 2.22. The van der Waals surface area contributed by atoms with E-state index in [1.807, 2.05) is 55.5 Å². The van der Waals surface area contributed by atoms with Crippen LogP contribution in [-0.2, 0) is 11.2 Å². The fourth-order valence-corrected chi connectivity index (χ4v) is 3.74. The molecule has 4 heteroatoms. The lowest BCUT2D eigenvalue weighted by Gasteiger charge is -2.14. The number of aryl methyl sites for hydroxylation is 1. The molecular formula is C20H22N2OS. The lowest BCUT2D eigenvalue weighted by Crippen LogP contribution is -2.26. The average molecular weight is 338 g/mol. The van der Waals surface area contributed by atoms with Crippen LogP contribution < -0.4 is 5.32 Å². The maximum absolute atomic E-state index is 12.1. The van der Waals surface area contributed by atoms with Crippen molar-refractivity contribution in [1.29, 1.82) is 0 Å². The van der Waals surface area contributed by atoms with Crippen molar-refractivity contribution in [3.8, 4) is 0 Å². The molecule has 0 spiro atoms. The van der Waals surface area contributed by atoms with E-state index in [2.05, 4.69) is 16.4 Å². The van der Waals surface area contributed by atoms with Crippen LogP contribution in [-0.4, -0.2) is 10.9 Å². The Bertz CT molecular complexity index is 765. The summed E-state index contributed by atoms with van der Waals surface area (Å²) in [6.07, 6.45) is 3.40. The van der Waals surface area contributed by atoms with Crippen LogP contribution in [0.4, 0.5) is 0 Å². The molecule has 3 nitrogen and oxygen atoms in total. The van der Waals surface area contributed by atoms with E-state index in [1.54, 1.807) is 11.3 Å². The number of aromatic nitrogens is 1. The second-order valence-corrected chi connectivity index (χ2v) is 7.10. The molecule has 0 saturated heterocycles. The second kappa shape index (κ2) is 8.06. The van der Waals surface area contributed by atoms with Gasteiger partial charge in [0, 0.05) is 6.42 Å². The summed E-state index contributed by atoms with van der Waals surface area (Å²) < 4.78 is 1.24. The molecule has 0 aliphatic heterocycles. The van der Waals surface area contributed by atoms with Gasteiger partial charge in [0.2, 0.25) is 5.91 Å². The van der Waals surface area contributed by atoms with Crippen LogP contribution in [0, 0.1) is 0 Å². The molecule has 0 fully saturated rings. The van der Waals surface area contributed by atoms with E-state index in [0.29, 0.717) is 6.42 Å². The Labute approximate surface area is 146 Å². The highest BCUT2D eigenvalue weighted by atomic mass is 32.1. The van der Waals surface area contributed by atoms with Crippen LogP contribution in [0.3, 0.4) is 0 Å². The Morgan fingerprint density at radius 1 is 1.08 bits per heavy atom. The maximum atomic E-state index is 12.1. The predicted octanol–water partition coefficient (Wildman–Crippen LogP) is 4.89. The van der Waals surface area contributed by atoms with Gasteiger partial charge < -0.3 is 5.32 Å². The first-order valence-electron chi connectivity index (χ1n) is 8.41. The summed E-state index contributed by atoms with van der Waals surface area (Å²) >= 11 is 1.75. The van der Waals surface area contributed by atoms with Crippen LogP contribution >= 0.6 is 11.3 Å². The quantitative estimate of drug-likeness (QED) is 0.623. The molecule has 0 aliphatic rings. The second-order valence-electron chi connectivity index (χ2n) is 5.98. The lowest BCUT2D eigenvalue weighted by molar-refractivity contribution is -0.121. The smallest absolute Gasteiger partial charge is 0.220 e. The third kappa shape index (κ3) is 4.42. The Kier molecular flexibility index (Phi) is 5.59. The highest BCUT2D eigenvalue weighted by Crippen LogP contribution is 2.23. The normalized spacial score (nSPS) is 12.2. The number of hydrogen-bond acceptors (Lipinski definition) is 3. The van der Waals surface area contributed by atoms with Crippen LogP contribution in [0.5, 0.6) is 0 Å². The topological polar surface area (TPSA) is 42.0 Å². The summed E-state index contributed by atoms with van der Waals surface area (Å²) in [5, 5.41) is 4.23. The van der Waals surface area contributed by atoms with Gasteiger partial charge in [-0.1, -0.05) is 42.5 Å². The van der Waals surface area contributed by atoms with E-state index < -0.39 is 0 Å². The van der Waals surface area contributed by atoms with Crippen molar-refractivity contribution in [2.45, 2.75) is 38.6 Å². The number of thiazole rings is 1. The summed E-state index contributed by atoms with van der Waals surface area (Å²) in [6, 6.07) is 18.3. The Morgan fingerprint density at radius 2 is 1.83 bits per heavy atom. The number of carbonyl (C=O) groups excluding carboxylic acids is 1. The molecule has 0 aliphatic carbocycles. The molecule has 24 heavy (non-hydrogen) atoms. The van der Waals surface area contributed by atoms with Crippen molar-refractivity contribution in [3.05, 3.63) is 65.2 Å². The average Bonchev–Trinajstić information content (AvgIpc) is 3.02. The Morgan fingerprint density at radius 3 is 2.62 bits per heavy atom. The van der Waals surface area contributed by atoms with Crippen LogP contribution in [0.25, 0.3) is 10.2 Å². The highest BCUT2D eigenvalue weighted by molar-refractivity contribution is 7.18. The number of carbonyl (C=O) groups is 1. The number of para-hydroxylation sites is 1. The van der Waals surface area contributed by atoms with Gasteiger partial charge in [-0.3, -0.25) is 4.79 Å². The van der Waals surface area contributed by atoms with Crippen molar-refractivity contribution in [3.63, 3.8) is 0 Å². The summed E-state index contributed by atoms with van der Waals surface area (Å²) in [5.74, 6) is 0.121. The van der Waals surface area contributed by atoms with E-state index in [4.69, 9.17) is 0 Å². The standard InChI is InChI=1S/C20H22N2OS/c1-15(16-9-3-2-4-10-16)21-19(23)13-7-8-14-20-22-17-11-5-6-12-18(17)24-20/h2-6,9-12,15H,7-8,13-14H2,1H3,(H,21,23)/t15-/m1/s1. The summed E-state index contributed by atoms with van der Waals surface area (Å²) in [7, 11) is 0. The van der Waals surface area contributed by atoms with Crippen molar-refractivity contribution < 1.29 is 4.79 Å². The van der Waals surface area contributed by atoms with Gasteiger partial charge in [-0.25, -0.2) is 4.98 Å². The molecule has 1 heterocycles. The van der Waals surface area contributed by atoms with Crippen molar-refractivity contribution in [2.24, 2.45) is 0 Å². The molecule has 0 saturated carbocycles. The molecule has 1 atom stereocenters. The van der Waals surface area contributed by atoms with Crippen molar-refractivity contribution >= 4 is 27.5 Å². The Balaban J connectivity index is 1.40. The molecule has 0 bridgehead atoms. The zero-order valence-electron chi connectivity index (χ0n) is 13.9. The Hall–Kier alpha value is -2.20. The van der Waals surface area contributed by atoms with Crippen LogP contribution in [0.15, 0.2) is 54.6 Å². The number of benzene rings is 2. The third-order valence-corrected chi connectivity index (χ3v) is 5.16. The van der Waals surface area contributed by atoms with Gasteiger partial charge in [-0.15, -0.1) is 11.3 Å². The van der Waals surface area contributed by atoms with Gasteiger partial charge in [0.05, 0.1) is 21.3 Å². The van der Waals surface area contributed by atoms with E-state index in [9.17, 15) is 4.79 Å². The number of nitrogens with zero attached hydrogens (tertiary/aromatic N) is 1. The number of unbranched alkanes of at least 4 members (excludes halogenated alkanes) is 1. The third-order valence-electron chi connectivity index (χ3n) is 4.06. The molecule has 3 aromatic rings. The molecular weight excluding hydrogens is 316 g/mol. The zero-order chi connectivity index (χ0) is 16.8. The van der Waals surface area contributed by atoms with E-state index >= 15 is 0 Å². The minimum absolute atomic E-state index is 0.0583. The number of fused-ring (bicyclic) bond motifs is 1. The predicted molar refractivity (Wildman–Crippen MR) is 100 cm³/mol. The largest absolute Gasteiger partial charge is 0.350 e. The van der Waals surface area contributed by atoms with Gasteiger partial charge in [0.15, 0.2) is 0 Å². The fourth-order valence-electron chi connectivity index (χ4n) is 2.73. The molecule has 124 valence electrons. The minimum Gasteiger partial charge on any atom is -0.350 e. The molecule has 0 unspecified atom stereocenters. The summed E-state index contributed by atoms with van der Waals surface area (Å²) in [6.45, 7) is 2.02. The van der Waals surface area contributed by atoms with Gasteiger partial charge in [0.25, 0.3) is 0 Å². The first-order chi connectivity index (χ1) is 11.7. The van der Waals surface area contributed by atoms with Gasteiger partial charge in [-0.2, -0.15) is 0 Å². The maximum Gasteiger partial charge on any atom is 0.220 e. The molecule has 1 amide bonds. The highest BCUT2D eigenvalue weighted by Gasteiger charge is 2.09. The molecule has 3 rings (SSSR count). The van der Waals surface area contributed by atoms with Crippen LogP contribution in [0.2, 0.25) is 0 Å². The van der Waals surface area contributed by atoms with Gasteiger partial charge >= 0.3 is 0 Å². The number of hydrogen-bond donors (Lipinski definition) is 1. The van der Waals surface area contributed by atoms with Crippen LogP contribution in [0.1, 0.15) is 42.8 Å². The van der Waals surface area contributed by atoms with E-state index in [1.165, 1.54) is 4.70 Å². The fraction of sp³-hybridized carbons (Fsp3) is 0.300. The molecule has 1 N–H and O–H groups in total. The van der Waals surface area contributed by atoms with Gasteiger partial charge in [0.1, 0.15) is 0 Å². The monoisotopic (exact) mass is 338 g/mol. The zero-order valence-corrected chi connectivity index (χ0v) is 14.7. The lowest BCUT2D eigenvalue weighted by atomic mass is 10.1. The first-order valence-corrected chi connectivity index (χ1v) is 9.23. The number of amides is 1. The van der Waals surface area contributed by atoms with Crippen molar-refractivity contribution in [1.82, 2.24) is 10.3 Å². The molecule has 2 aromatic carbocycles. The summed E-state index contributed by atoms with van der Waals surface area (Å²) in [4.78, 5) is 16.7. The van der Waals surface area contributed by atoms with E-state index in [0.717, 1.165) is 35.4 Å². The number of rotatable bonds is 7. The SMILES string of the molecule is C[C@@H](NC(=O)CCCCc1nc2ccccc2s1)c1ccccc1. The number of nitrogens with one attached hydrogen (secondary N) is 1. The minimum atomic E-state index is 0.0583. The van der Waals surface area contributed by atoms with E-state index in [-0.39, 0.29) is 11.9 Å². The van der Waals surface area contributed by atoms with Crippen molar-refractivity contribution in [2.75, 3.05) is 0 Å². The van der Waals surface area contributed by atoms with Gasteiger partial charge in [-0.05, 0) is 43.9 Å². The molecule has 0 radical (unpaired) electrons. The molecule has 1 aromatic heterocycles.